The zero-order valence-corrected chi connectivity index (χ0v) is 21.9. The molecule has 2 aromatic carbocycles. The van der Waals surface area contributed by atoms with Crippen molar-refractivity contribution in [2.75, 3.05) is 13.7 Å². The Kier molecular flexibility index (Phi) is 7.72. The molecule has 8 heteroatoms. The minimum Gasteiger partial charge on any atom is -0.507 e. The van der Waals surface area contributed by atoms with Gasteiger partial charge in [0.1, 0.15) is 18.1 Å². The Bertz CT molecular complexity index is 1260. The molecule has 4 atom stereocenters. The molecule has 1 aliphatic carbocycles. The molecule has 7 nitrogen and oxygen atoms in total. The van der Waals surface area contributed by atoms with E-state index in [9.17, 15) is 19.7 Å². The van der Waals surface area contributed by atoms with Crippen molar-refractivity contribution in [1.82, 2.24) is 4.90 Å². The summed E-state index contributed by atoms with van der Waals surface area (Å²) in [4.78, 5) is 27.4. The summed E-state index contributed by atoms with van der Waals surface area (Å²) in [5.41, 5.74) is 3.90. The van der Waals surface area contributed by atoms with E-state index in [0.717, 1.165) is 34.5 Å². The van der Waals surface area contributed by atoms with Crippen LogP contribution in [0.15, 0.2) is 71.3 Å². The maximum absolute atomic E-state index is 13.1. The summed E-state index contributed by atoms with van der Waals surface area (Å²) < 4.78 is 12.2. The van der Waals surface area contributed by atoms with Gasteiger partial charge in [0, 0.05) is 12.6 Å². The summed E-state index contributed by atoms with van der Waals surface area (Å²) in [6.45, 7) is 2.38. The molecule has 38 heavy (non-hydrogen) atoms. The highest BCUT2D eigenvalue weighted by molar-refractivity contribution is 6.43. The monoisotopic (exact) mass is 515 g/mol. The van der Waals surface area contributed by atoms with Gasteiger partial charge in [-0.15, -0.1) is 0 Å². The number of ether oxygens (including phenoxy) is 1. The standard InChI is InChI=1S/C30H34BNO6/c1-3-19(15-20-9-7-8-12-25(20)33)13-14-26-27-21(18-37-22-10-5-4-6-11-22)16-23-28(24(27)17-31(36)38-26)30(35)32(2)29(23)34/h4-12,15,23-24,26,28,33,36H,3,13-14,16-18H2,1-2H3/b19-15+/t23-,24+,26-,28-/m1/s1. The number of aromatic hydroxyl groups is 1. The van der Waals surface area contributed by atoms with E-state index in [2.05, 4.69) is 6.92 Å². The predicted octanol–water partition coefficient (Wildman–Crippen LogP) is 4.47. The van der Waals surface area contributed by atoms with Gasteiger partial charge >= 0.3 is 7.12 Å². The lowest BCUT2D eigenvalue weighted by molar-refractivity contribution is -0.138. The number of hydrogen-bond acceptors (Lipinski definition) is 6. The van der Waals surface area contributed by atoms with Crippen molar-refractivity contribution in [1.29, 1.82) is 0 Å². The lowest BCUT2D eigenvalue weighted by atomic mass is 9.58. The van der Waals surface area contributed by atoms with E-state index in [1.54, 1.807) is 19.2 Å². The molecule has 2 fully saturated rings. The molecular formula is C30H34BNO6. The summed E-state index contributed by atoms with van der Waals surface area (Å²) in [7, 11) is 0.540. The zero-order valence-electron chi connectivity index (χ0n) is 21.9. The lowest BCUT2D eigenvalue weighted by Gasteiger charge is -2.43. The average molecular weight is 515 g/mol. The minimum absolute atomic E-state index is 0.160. The van der Waals surface area contributed by atoms with Gasteiger partial charge in [0.2, 0.25) is 11.8 Å². The number of likely N-dealkylation sites (tertiary alicyclic amines) is 1. The average Bonchev–Trinajstić information content (AvgIpc) is 3.14. The van der Waals surface area contributed by atoms with Gasteiger partial charge in [-0.1, -0.05) is 55.0 Å². The molecular weight excluding hydrogens is 481 g/mol. The van der Waals surface area contributed by atoms with Crippen molar-refractivity contribution in [2.45, 2.75) is 45.0 Å². The summed E-state index contributed by atoms with van der Waals surface area (Å²) in [6.07, 6.45) is 4.45. The molecule has 0 radical (unpaired) electrons. The lowest BCUT2D eigenvalue weighted by Crippen LogP contribution is -2.46. The third-order valence-corrected chi connectivity index (χ3v) is 8.16. The molecule has 198 valence electrons. The van der Waals surface area contributed by atoms with Crippen molar-refractivity contribution in [2.24, 2.45) is 17.8 Å². The first kappa shape index (κ1) is 26.3. The number of imide groups is 1. The molecule has 2 N–H and O–H groups in total. The molecule has 0 aromatic heterocycles. The highest BCUT2D eigenvalue weighted by atomic mass is 16.5. The number of carbonyl (C=O) groups is 2. The first-order chi connectivity index (χ1) is 18.4. The largest absolute Gasteiger partial charge is 0.507 e. The number of hydrogen-bond donors (Lipinski definition) is 2. The highest BCUT2D eigenvalue weighted by Gasteiger charge is 2.56. The van der Waals surface area contributed by atoms with Crippen LogP contribution in [0, 0.1) is 17.8 Å². The third kappa shape index (κ3) is 5.15. The Balaban J connectivity index is 1.45. The SMILES string of the molecule is CC/C(=C\c1ccccc1O)CC[C@H]1OB(O)C[C@H]2C1=C(COc1ccccc1)C[C@H]1C(=O)N(C)C(=O)[C@H]12. The van der Waals surface area contributed by atoms with E-state index in [-0.39, 0.29) is 29.8 Å². The van der Waals surface area contributed by atoms with Gasteiger partial charge in [0.15, 0.2) is 0 Å². The third-order valence-electron chi connectivity index (χ3n) is 8.16. The zero-order chi connectivity index (χ0) is 26.8. The Hall–Kier alpha value is -3.36. The van der Waals surface area contributed by atoms with Crippen molar-refractivity contribution in [3.8, 4) is 11.5 Å². The van der Waals surface area contributed by atoms with E-state index in [4.69, 9.17) is 9.39 Å². The van der Waals surface area contributed by atoms with Gasteiger partial charge in [-0.05, 0) is 67.3 Å². The van der Waals surface area contributed by atoms with Gasteiger partial charge in [0.25, 0.3) is 0 Å². The number of rotatable bonds is 8. The fraction of sp³-hybridized carbons (Fsp3) is 0.400. The number of carbonyl (C=O) groups excluding carboxylic acids is 2. The van der Waals surface area contributed by atoms with Crippen molar-refractivity contribution in [3.63, 3.8) is 0 Å². The van der Waals surface area contributed by atoms with Crippen molar-refractivity contribution in [3.05, 3.63) is 76.9 Å². The first-order valence-corrected chi connectivity index (χ1v) is 13.4. The van der Waals surface area contributed by atoms with Crippen LogP contribution in [0.4, 0.5) is 0 Å². The van der Waals surface area contributed by atoms with Gasteiger partial charge < -0.3 is 19.5 Å². The molecule has 2 amide bonds. The summed E-state index contributed by atoms with van der Waals surface area (Å²) in [5.74, 6) is -0.555. The highest BCUT2D eigenvalue weighted by Crippen LogP contribution is 2.50. The van der Waals surface area contributed by atoms with Gasteiger partial charge in [-0.25, -0.2) is 0 Å². The molecule has 2 aliphatic heterocycles. The van der Waals surface area contributed by atoms with Crippen LogP contribution >= 0.6 is 0 Å². The Morgan fingerprint density at radius 2 is 1.84 bits per heavy atom. The smallest absolute Gasteiger partial charge is 0.455 e. The van der Waals surface area contributed by atoms with Crippen LogP contribution in [0.5, 0.6) is 11.5 Å². The quantitative estimate of drug-likeness (QED) is 0.306. The molecule has 0 spiro atoms. The molecule has 2 heterocycles. The summed E-state index contributed by atoms with van der Waals surface area (Å²) in [6, 6.07) is 16.8. The number of benzene rings is 2. The van der Waals surface area contributed by atoms with Crippen LogP contribution in [-0.4, -0.2) is 53.7 Å². The molecule has 0 saturated carbocycles. The van der Waals surface area contributed by atoms with Crippen LogP contribution < -0.4 is 4.74 Å². The van der Waals surface area contributed by atoms with E-state index in [1.165, 1.54) is 4.90 Å². The second-order valence-corrected chi connectivity index (χ2v) is 10.4. The van der Waals surface area contributed by atoms with Crippen LogP contribution in [0.2, 0.25) is 6.32 Å². The number of phenols is 1. The van der Waals surface area contributed by atoms with Gasteiger partial charge in [0.05, 0.1) is 17.9 Å². The van der Waals surface area contributed by atoms with Gasteiger partial charge in [-0.2, -0.15) is 0 Å². The minimum atomic E-state index is -1.01. The normalized spacial score (nSPS) is 25.5. The number of nitrogens with zero attached hydrogens (tertiary/aromatic N) is 1. The van der Waals surface area contributed by atoms with Crippen LogP contribution in [0.1, 0.15) is 38.2 Å². The van der Waals surface area contributed by atoms with Crippen LogP contribution in [0.25, 0.3) is 6.08 Å². The molecule has 2 saturated heterocycles. The molecule has 2 aromatic rings. The van der Waals surface area contributed by atoms with E-state index < -0.39 is 25.1 Å². The number of amides is 2. The van der Waals surface area contributed by atoms with Crippen molar-refractivity contribution < 1.29 is 29.1 Å². The molecule has 5 rings (SSSR count). The van der Waals surface area contributed by atoms with Crippen LogP contribution in [-0.2, 0) is 14.2 Å². The maximum Gasteiger partial charge on any atom is 0.455 e. The fourth-order valence-electron chi connectivity index (χ4n) is 6.24. The number of para-hydroxylation sites is 2. The number of allylic oxidation sites excluding steroid dienone is 1. The topological polar surface area (TPSA) is 96.3 Å². The number of phenolic OH excluding ortho intramolecular Hbond substituents is 1. The Morgan fingerprint density at radius 3 is 2.58 bits per heavy atom. The number of fused-ring (bicyclic) bond motifs is 3. The summed E-state index contributed by atoms with van der Waals surface area (Å²) >= 11 is 0. The molecule has 0 unspecified atom stereocenters. The van der Waals surface area contributed by atoms with E-state index >= 15 is 0 Å². The fourth-order valence-corrected chi connectivity index (χ4v) is 6.24. The second-order valence-electron chi connectivity index (χ2n) is 10.4. The Labute approximate surface area is 223 Å². The van der Waals surface area contributed by atoms with Crippen LogP contribution in [0.3, 0.4) is 0 Å². The molecule has 0 bridgehead atoms. The predicted molar refractivity (Wildman–Crippen MR) is 145 cm³/mol. The summed E-state index contributed by atoms with van der Waals surface area (Å²) in [5, 5.41) is 20.9. The van der Waals surface area contributed by atoms with Crippen molar-refractivity contribution >= 4 is 25.0 Å². The van der Waals surface area contributed by atoms with Gasteiger partial charge in [-0.3, -0.25) is 14.5 Å². The second kappa shape index (κ2) is 11.2. The van der Waals surface area contributed by atoms with E-state index in [0.29, 0.717) is 25.9 Å². The molecule has 3 aliphatic rings. The van der Waals surface area contributed by atoms with E-state index in [1.807, 2.05) is 48.5 Å². The first-order valence-electron chi connectivity index (χ1n) is 13.4. The maximum atomic E-state index is 13.1. The Morgan fingerprint density at radius 1 is 1.11 bits per heavy atom.